The summed E-state index contributed by atoms with van der Waals surface area (Å²) in [7, 11) is 0. The molecule has 0 spiro atoms. The molecule has 0 aliphatic rings. The van der Waals surface area contributed by atoms with Gasteiger partial charge in [-0.15, -0.1) is 0 Å². The third kappa shape index (κ3) is 6.77. The van der Waals surface area contributed by atoms with Crippen LogP contribution in [-0.4, -0.2) is 11.8 Å². The number of hydrogen-bond donors (Lipinski definition) is 0. The van der Waals surface area contributed by atoms with E-state index >= 15 is 0 Å². The maximum Gasteiger partial charge on any atom is 0.307 e. The molecule has 0 atom stereocenters. The zero-order valence-electron chi connectivity index (χ0n) is 7.01. The van der Waals surface area contributed by atoms with Crippen molar-refractivity contribution >= 4 is 11.8 Å². The summed E-state index contributed by atoms with van der Waals surface area (Å²) < 4.78 is 4.55. The summed E-state index contributed by atoms with van der Waals surface area (Å²) in [4.78, 5) is 20.8. The van der Waals surface area contributed by atoms with Gasteiger partial charge in [0.2, 0.25) is 0 Å². The molecule has 0 radical (unpaired) electrons. The molecule has 0 N–H and O–H groups in total. The Hall–Kier alpha value is -1.12. The normalized spacial score (nSPS) is 11.0. The fourth-order valence-corrected chi connectivity index (χ4v) is 0.618. The lowest BCUT2D eigenvalue weighted by Crippen LogP contribution is -1.94. The number of carbonyl (C=O) groups is 2. The minimum Gasteiger partial charge on any atom is -0.435 e. The van der Waals surface area contributed by atoms with Crippen LogP contribution >= 0.6 is 0 Å². The fourth-order valence-electron chi connectivity index (χ4n) is 0.618. The first kappa shape index (κ1) is 9.88. The minimum atomic E-state index is -0.368. The van der Waals surface area contributed by atoms with E-state index < -0.39 is 0 Å². The van der Waals surface area contributed by atoms with Crippen molar-refractivity contribution in [3.05, 3.63) is 11.8 Å². The van der Waals surface area contributed by atoms with E-state index in [1.165, 1.54) is 20.1 Å². The van der Waals surface area contributed by atoms with Crippen molar-refractivity contribution in [2.24, 2.45) is 0 Å². The van der Waals surface area contributed by atoms with Gasteiger partial charge in [-0.3, -0.25) is 9.59 Å². The molecular formula is C8H12O3. The van der Waals surface area contributed by atoms with E-state index in [1.807, 2.05) is 0 Å². The standard InChI is InChI=1S/C8H12O3/c1-6(4-7(2)9)5-11-8(3)10/h5H,4H2,1-3H3. The predicted octanol–water partition coefficient (Wildman–Crippen LogP) is 1.43. The Bertz CT molecular complexity index is 192. The molecule has 0 aliphatic carbocycles. The van der Waals surface area contributed by atoms with Crippen molar-refractivity contribution in [3.8, 4) is 0 Å². The second-order valence-electron chi connectivity index (χ2n) is 2.45. The molecule has 0 rings (SSSR count). The largest absolute Gasteiger partial charge is 0.435 e. The molecule has 3 nitrogen and oxygen atoms in total. The highest BCUT2D eigenvalue weighted by molar-refractivity contribution is 5.78. The van der Waals surface area contributed by atoms with Crippen LogP contribution in [0.5, 0.6) is 0 Å². The van der Waals surface area contributed by atoms with Gasteiger partial charge in [0.1, 0.15) is 5.78 Å². The zero-order valence-corrected chi connectivity index (χ0v) is 7.01. The number of ketones is 1. The molecule has 0 unspecified atom stereocenters. The van der Waals surface area contributed by atoms with E-state index in [-0.39, 0.29) is 11.8 Å². The van der Waals surface area contributed by atoms with Gasteiger partial charge in [-0.25, -0.2) is 0 Å². The summed E-state index contributed by atoms with van der Waals surface area (Å²) in [6.45, 7) is 4.55. The number of Topliss-reactive ketones (excluding diaryl/α,β-unsaturated/α-hetero) is 1. The lowest BCUT2D eigenvalue weighted by Gasteiger charge is -1.96. The lowest BCUT2D eigenvalue weighted by atomic mass is 10.2. The highest BCUT2D eigenvalue weighted by atomic mass is 16.5. The van der Waals surface area contributed by atoms with Crippen LogP contribution in [0.2, 0.25) is 0 Å². The Labute approximate surface area is 66.0 Å². The molecule has 0 saturated carbocycles. The monoisotopic (exact) mass is 156 g/mol. The van der Waals surface area contributed by atoms with Gasteiger partial charge < -0.3 is 4.74 Å². The Balaban J connectivity index is 3.81. The van der Waals surface area contributed by atoms with E-state index in [0.29, 0.717) is 6.42 Å². The Morgan fingerprint density at radius 3 is 2.18 bits per heavy atom. The molecule has 0 aromatic rings. The fraction of sp³-hybridized carbons (Fsp3) is 0.500. The summed E-state index contributed by atoms with van der Waals surface area (Å²) in [5.74, 6) is -0.307. The molecule has 0 aromatic carbocycles. The summed E-state index contributed by atoms with van der Waals surface area (Å²) in [5, 5.41) is 0. The van der Waals surface area contributed by atoms with Gasteiger partial charge in [-0.2, -0.15) is 0 Å². The average Bonchev–Trinajstić information content (AvgIpc) is 1.82. The van der Waals surface area contributed by atoms with Gasteiger partial charge in [0, 0.05) is 13.3 Å². The SMILES string of the molecule is CC(=O)CC(C)=COC(C)=O. The zero-order chi connectivity index (χ0) is 8.85. The summed E-state index contributed by atoms with van der Waals surface area (Å²) >= 11 is 0. The van der Waals surface area contributed by atoms with Crippen LogP contribution in [0.15, 0.2) is 11.8 Å². The maximum atomic E-state index is 10.5. The van der Waals surface area contributed by atoms with Gasteiger partial charge in [0.25, 0.3) is 0 Å². The average molecular weight is 156 g/mol. The van der Waals surface area contributed by atoms with Crippen LogP contribution in [0.3, 0.4) is 0 Å². The van der Waals surface area contributed by atoms with Crippen molar-refractivity contribution in [1.29, 1.82) is 0 Å². The molecule has 3 heteroatoms. The number of esters is 1. The quantitative estimate of drug-likeness (QED) is 0.458. The molecule has 0 saturated heterocycles. The number of allylic oxidation sites excluding steroid dienone is 1. The second-order valence-corrected chi connectivity index (χ2v) is 2.45. The Kier molecular flexibility index (Phi) is 4.18. The highest BCUT2D eigenvalue weighted by Crippen LogP contribution is 2.00. The van der Waals surface area contributed by atoms with Crippen LogP contribution < -0.4 is 0 Å². The van der Waals surface area contributed by atoms with E-state index in [2.05, 4.69) is 4.74 Å². The van der Waals surface area contributed by atoms with Gasteiger partial charge in [0.05, 0.1) is 6.26 Å². The van der Waals surface area contributed by atoms with Crippen LogP contribution in [0.1, 0.15) is 27.2 Å². The number of ether oxygens (including phenoxy) is 1. The van der Waals surface area contributed by atoms with E-state index in [1.54, 1.807) is 6.92 Å². The third-order valence-electron chi connectivity index (χ3n) is 0.954. The van der Waals surface area contributed by atoms with Gasteiger partial charge in [-0.1, -0.05) is 0 Å². The Morgan fingerprint density at radius 1 is 1.27 bits per heavy atom. The third-order valence-corrected chi connectivity index (χ3v) is 0.954. The molecule has 0 aromatic heterocycles. The number of hydrogen-bond acceptors (Lipinski definition) is 3. The molecule has 0 bridgehead atoms. The molecule has 62 valence electrons. The predicted molar refractivity (Wildman–Crippen MR) is 40.8 cm³/mol. The highest BCUT2D eigenvalue weighted by Gasteiger charge is 1.95. The van der Waals surface area contributed by atoms with Crippen LogP contribution in [0.25, 0.3) is 0 Å². The van der Waals surface area contributed by atoms with Crippen molar-refractivity contribution in [1.82, 2.24) is 0 Å². The van der Waals surface area contributed by atoms with Gasteiger partial charge >= 0.3 is 5.97 Å². The van der Waals surface area contributed by atoms with Crippen LogP contribution in [0, 0.1) is 0 Å². The number of rotatable bonds is 3. The van der Waals surface area contributed by atoms with Crippen molar-refractivity contribution in [3.63, 3.8) is 0 Å². The van der Waals surface area contributed by atoms with E-state index in [0.717, 1.165) is 5.57 Å². The summed E-state index contributed by atoms with van der Waals surface area (Å²) in [6.07, 6.45) is 1.65. The number of carbonyl (C=O) groups excluding carboxylic acids is 2. The van der Waals surface area contributed by atoms with Crippen molar-refractivity contribution in [2.45, 2.75) is 27.2 Å². The molecule has 0 heterocycles. The second kappa shape index (κ2) is 4.66. The van der Waals surface area contributed by atoms with Crippen LogP contribution in [-0.2, 0) is 14.3 Å². The molecule has 0 amide bonds. The first-order valence-corrected chi connectivity index (χ1v) is 3.34. The first-order valence-electron chi connectivity index (χ1n) is 3.34. The van der Waals surface area contributed by atoms with Crippen LogP contribution in [0.4, 0.5) is 0 Å². The lowest BCUT2D eigenvalue weighted by molar-refractivity contribution is -0.135. The van der Waals surface area contributed by atoms with E-state index in [4.69, 9.17) is 0 Å². The van der Waals surface area contributed by atoms with Crippen molar-refractivity contribution < 1.29 is 14.3 Å². The first-order chi connectivity index (χ1) is 5.02. The minimum absolute atomic E-state index is 0.0610. The smallest absolute Gasteiger partial charge is 0.307 e. The van der Waals surface area contributed by atoms with Gasteiger partial charge in [-0.05, 0) is 19.4 Å². The van der Waals surface area contributed by atoms with E-state index in [9.17, 15) is 9.59 Å². The van der Waals surface area contributed by atoms with Crippen molar-refractivity contribution in [2.75, 3.05) is 0 Å². The maximum absolute atomic E-state index is 10.5. The molecular weight excluding hydrogens is 144 g/mol. The molecule has 11 heavy (non-hydrogen) atoms. The Morgan fingerprint density at radius 2 is 1.82 bits per heavy atom. The summed E-state index contributed by atoms with van der Waals surface area (Å²) in [5.41, 5.74) is 0.757. The van der Waals surface area contributed by atoms with Gasteiger partial charge in [0.15, 0.2) is 0 Å². The molecule has 0 aliphatic heterocycles. The molecule has 0 fully saturated rings. The topological polar surface area (TPSA) is 43.4 Å². The summed E-state index contributed by atoms with van der Waals surface area (Å²) in [6, 6.07) is 0.